The summed E-state index contributed by atoms with van der Waals surface area (Å²) in [5.41, 5.74) is 4.71. The molecule has 1 aliphatic heterocycles. The normalized spacial score (nSPS) is 22.3. The maximum atomic E-state index is 11.0. The van der Waals surface area contributed by atoms with Crippen LogP contribution in [0.3, 0.4) is 0 Å². The first kappa shape index (κ1) is 26.7. The lowest BCUT2D eigenvalue weighted by atomic mass is 9.62. The van der Waals surface area contributed by atoms with E-state index in [1.54, 1.807) is 0 Å². The highest BCUT2D eigenvalue weighted by atomic mass is 16.5. The van der Waals surface area contributed by atoms with Crippen molar-refractivity contribution in [3.63, 3.8) is 0 Å². The van der Waals surface area contributed by atoms with E-state index in [1.807, 2.05) is 13.8 Å². The summed E-state index contributed by atoms with van der Waals surface area (Å²) in [5.74, 6) is 3.07. The van der Waals surface area contributed by atoms with Crippen LogP contribution in [0.4, 0.5) is 0 Å². The summed E-state index contributed by atoms with van der Waals surface area (Å²) < 4.78 is 12.2. The number of carbonyl (C=O) groups excluding carboxylic acids is 1. The van der Waals surface area contributed by atoms with E-state index in [1.165, 1.54) is 18.4 Å². The molecule has 0 aromatic heterocycles. The predicted octanol–water partition coefficient (Wildman–Crippen LogP) is 8.14. The maximum absolute atomic E-state index is 11.0. The van der Waals surface area contributed by atoms with Crippen LogP contribution in [0.2, 0.25) is 0 Å². The fourth-order valence-corrected chi connectivity index (χ4v) is 5.89. The number of fused-ring (bicyclic) bond motifs is 1. The van der Waals surface area contributed by atoms with Crippen molar-refractivity contribution < 1.29 is 14.3 Å². The van der Waals surface area contributed by atoms with E-state index in [0.29, 0.717) is 29.5 Å². The summed E-state index contributed by atoms with van der Waals surface area (Å²) in [7, 11) is 0. The SMILES string of the molecule is CCC(C)C(C)(C)C(C)CC(C)(CC)CC1(C)CCc2c(C)c(OC=O)c(C)c(C)c2O1. The highest BCUT2D eigenvalue weighted by molar-refractivity contribution is 5.62. The molecule has 182 valence electrons. The van der Waals surface area contributed by atoms with Gasteiger partial charge in [-0.05, 0) is 92.7 Å². The van der Waals surface area contributed by atoms with Crippen molar-refractivity contribution in [3.8, 4) is 11.5 Å². The van der Waals surface area contributed by atoms with Crippen LogP contribution >= 0.6 is 0 Å². The molecule has 1 aromatic carbocycles. The van der Waals surface area contributed by atoms with Crippen molar-refractivity contribution in [3.05, 3.63) is 22.3 Å². The van der Waals surface area contributed by atoms with E-state index < -0.39 is 0 Å². The molecule has 0 radical (unpaired) electrons. The maximum Gasteiger partial charge on any atom is 0.298 e. The Kier molecular flexibility index (Phi) is 8.17. The second-order valence-corrected chi connectivity index (χ2v) is 11.9. The summed E-state index contributed by atoms with van der Waals surface area (Å²) in [4.78, 5) is 11.0. The van der Waals surface area contributed by atoms with E-state index in [9.17, 15) is 4.79 Å². The molecule has 0 N–H and O–H groups in total. The molecular formula is C29H48O3. The Morgan fingerprint density at radius 1 is 1.06 bits per heavy atom. The van der Waals surface area contributed by atoms with Gasteiger partial charge >= 0.3 is 0 Å². The van der Waals surface area contributed by atoms with Crippen molar-refractivity contribution in [1.29, 1.82) is 0 Å². The average Bonchev–Trinajstić information content (AvgIpc) is 2.73. The molecule has 1 heterocycles. The predicted molar refractivity (Wildman–Crippen MR) is 135 cm³/mol. The molecule has 2 rings (SSSR count). The number of benzene rings is 1. The number of ether oxygens (including phenoxy) is 2. The molecule has 0 bridgehead atoms. The first-order valence-electron chi connectivity index (χ1n) is 12.7. The van der Waals surface area contributed by atoms with Gasteiger partial charge in [-0.15, -0.1) is 0 Å². The first-order valence-corrected chi connectivity index (χ1v) is 12.7. The third-order valence-electron chi connectivity index (χ3n) is 9.34. The molecule has 0 fully saturated rings. The van der Waals surface area contributed by atoms with Gasteiger partial charge in [0.15, 0.2) is 0 Å². The molecule has 32 heavy (non-hydrogen) atoms. The van der Waals surface area contributed by atoms with Gasteiger partial charge in [-0.1, -0.05) is 61.3 Å². The molecule has 4 unspecified atom stereocenters. The smallest absolute Gasteiger partial charge is 0.298 e. The van der Waals surface area contributed by atoms with Crippen molar-refractivity contribution in [2.75, 3.05) is 0 Å². The van der Waals surface area contributed by atoms with Gasteiger partial charge in [-0.3, -0.25) is 4.79 Å². The Balaban J connectivity index is 2.31. The van der Waals surface area contributed by atoms with E-state index in [4.69, 9.17) is 9.47 Å². The van der Waals surface area contributed by atoms with Crippen LogP contribution in [-0.4, -0.2) is 12.1 Å². The molecule has 0 amide bonds. The van der Waals surface area contributed by atoms with Gasteiger partial charge < -0.3 is 9.47 Å². The molecule has 4 atom stereocenters. The van der Waals surface area contributed by atoms with Crippen LogP contribution in [0.15, 0.2) is 0 Å². The zero-order chi connectivity index (χ0) is 24.5. The van der Waals surface area contributed by atoms with Gasteiger partial charge in [0.05, 0.1) is 0 Å². The number of carbonyl (C=O) groups is 1. The number of rotatable bonds is 10. The van der Waals surface area contributed by atoms with Gasteiger partial charge in [-0.2, -0.15) is 0 Å². The lowest BCUT2D eigenvalue weighted by molar-refractivity contribution is -0.120. The van der Waals surface area contributed by atoms with Gasteiger partial charge in [0.2, 0.25) is 0 Å². The fraction of sp³-hybridized carbons (Fsp3) is 0.759. The molecule has 3 heteroatoms. The standard InChI is InChI=1S/C29H48O3/c1-12-19(3)27(8,9)20(4)16-28(10,13-2)17-29(11)15-14-24-23(7)25(31-18-30)21(5)22(6)26(24)32-29/h18-20H,12-17H2,1-11H3. The highest BCUT2D eigenvalue weighted by Crippen LogP contribution is 2.50. The second-order valence-electron chi connectivity index (χ2n) is 11.9. The summed E-state index contributed by atoms with van der Waals surface area (Å²) >= 11 is 0. The fourth-order valence-electron chi connectivity index (χ4n) is 5.89. The third kappa shape index (κ3) is 5.18. The summed E-state index contributed by atoms with van der Waals surface area (Å²) in [6.45, 7) is 25.8. The molecule has 1 aliphatic rings. The van der Waals surface area contributed by atoms with Gasteiger partial charge in [-0.25, -0.2) is 0 Å². The number of hydrogen-bond acceptors (Lipinski definition) is 3. The van der Waals surface area contributed by atoms with E-state index in [-0.39, 0.29) is 11.0 Å². The minimum absolute atomic E-state index is 0.186. The Bertz CT molecular complexity index is 824. The highest BCUT2D eigenvalue weighted by Gasteiger charge is 2.42. The molecule has 0 saturated carbocycles. The van der Waals surface area contributed by atoms with Crippen LogP contribution < -0.4 is 9.47 Å². The molecule has 0 saturated heterocycles. The Labute approximate surface area is 197 Å². The van der Waals surface area contributed by atoms with Crippen LogP contribution in [0.1, 0.15) is 110 Å². The van der Waals surface area contributed by atoms with E-state index >= 15 is 0 Å². The molecule has 0 aliphatic carbocycles. The summed E-state index contributed by atoms with van der Waals surface area (Å²) in [5, 5.41) is 0. The van der Waals surface area contributed by atoms with Crippen molar-refractivity contribution in [2.24, 2.45) is 22.7 Å². The first-order chi connectivity index (χ1) is 14.7. The van der Waals surface area contributed by atoms with Crippen molar-refractivity contribution >= 4 is 6.47 Å². The largest absolute Gasteiger partial charge is 0.487 e. The molecular weight excluding hydrogens is 396 g/mol. The Morgan fingerprint density at radius 3 is 2.22 bits per heavy atom. The molecule has 1 aromatic rings. The van der Waals surface area contributed by atoms with Gasteiger partial charge in [0.1, 0.15) is 17.1 Å². The number of hydrogen-bond donors (Lipinski definition) is 0. The topological polar surface area (TPSA) is 35.5 Å². The summed E-state index contributed by atoms with van der Waals surface area (Å²) in [6.07, 6.45) is 6.61. The zero-order valence-corrected chi connectivity index (χ0v) is 22.7. The van der Waals surface area contributed by atoms with Gasteiger partial charge in [0.25, 0.3) is 6.47 Å². The lowest BCUT2D eigenvalue weighted by Gasteiger charge is -2.46. The molecule has 3 nitrogen and oxygen atoms in total. The average molecular weight is 445 g/mol. The Hall–Kier alpha value is -1.51. The molecule has 0 spiro atoms. The lowest BCUT2D eigenvalue weighted by Crippen LogP contribution is -2.43. The summed E-state index contributed by atoms with van der Waals surface area (Å²) in [6, 6.07) is 0. The van der Waals surface area contributed by atoms with Crippen LogP contribution in [0.5, 0.6) is 11.5 Å². The Morgan fingerprint density at radius 2 is 1.69 bits per heavy atom. The second kappa shape index (κ2) is 9.77. The zero-order valence-electron chi connectivity index (χ0n) is 22.7. The van der Waals surface area contributed by atoms with E-state index in [2.05, 4.69) is 62.3 Å². The minimum atomic E-state index is -0.186. The van der Waals surface area contributed by atoms with Crippen LogP contribution in [-0.2, 0) is 11.2 Å². The van der Waals surface area contributed by atoms with Crippen molar-refractivity contribution in [1.82, 2.24) is 0 Å². The minimum Gasteiger partial charge on any atom is -0.487 e. The quantitative estimate of drug-likeness (QED) is 0.342. The monoisotopic (exact) mass is 444 g/mol. The van der Waals surface area contributed by atoms with Crippen molar-refractivity contribution in [2.45, 2.75) is 120 Å². The van der Waals surface area contributed by atoms with Gasteiger partial charge in [0, 0.05) is 5.56 Å². The van der Waals surface area contributed by atoms with E-state index in [0.717, 1.165) is 48.1 Å². The third-order valence-corrected chi connectivity index (χ3v) is 9.34. The van der Waals surface area contributed by atoms with Crippen LogP contribution in [0.25, 0.3) is 0 Å². The van der Waals surface area contributed by atoms with Crippen LogP contribution in [0, 0.1) is 43.4 Å².